The van der Waals surface area contributed by atoms with Gasteiger partial charge in [0.2, 0.25) is 0 Å². The fourth-order valence-corrected chi connectivity index (χ4v) is 7.11. The molecule has 10 rings (SSSR count). The quantitative estimate of drug-likeness (QED) is 0.187. The van der Waals surface area contributed by atoms with Crippen molar-refractivity contribution in [1.82, 2.24) is 24.5 Å². The minimum Gasteiger partial charge on any atom is -0.456 e. The Bertz CT molecular complexity index is 2860. The van der Waals surface area contributed by atoms with E-state index in [0.717, 1.165) is 55.3 Å². The Morgan fingerprint density at radius 3 is 1.86 bits per heavy atom. The molecule has 0 bridgehead atoms. The number of pyridine rings is 1. The van der Waals surface area contributed by atoms with Gasteiger partial charge in [0.1, 0.15) is 11.2 Å². The summed E-state index contributed by atoms with van der Waals surface area (Å²) in [7, 11) is 0. The SMILES string of the molecule is c1ccc(-c2nc(-c3ccc(-n4c5ccccc5c5c(-c6ccccc6)cccc54)cc3)nc(-c3cccc4oc5ccncc5c34)n2)cc1. The van der Waals surface area contributed by atoms with E-state index in [0.29, 0.717) is 17.5 Å². The van der Waals surface area contributed by atoms with Crippen molar-refractivity contribution in [2.75, 3.05) is 0 Å². The molecule has 0 fully saturated rings. The van der Waals surface area contributed by atoms with Crippen LogP contribution in [0.3, 0.4) is 0 Å². The van der Waals surface area contributed by atoms with Crippen LogP contribution in [-0.2, 0) is 0 Å². The highest BCUT2D eigenvalue weighted by Gasteiger charge is 2.19. The van der Waals surface area contributed by atoms with Crippen LogP contribution in [-0.4, -0.2) is 24.5 Å². The van der Waals surface area contributed by atoms with Crippen LogP contribution in [0.4, 0.5) is 0 Å². The van der Waals surface area contributed by atoms with E-state index in [4.69, 9.17) is 19.4 Å². The highest BCUT2D eigenvalue weighted by molar-refractivity contribution is 6.16. The molecule has 0 spiro atoms. The van der Waals surface area contributed by atoms with E-state index >= 15 is 0 Å². The van der Waals surface area contributed by atoms with Crippen LogP contribution in [0.2, 0.25) is 0 Å². The Balaban J connectivity index is 1.14. The minimum absolute atomic E-state index is 0.575. The number of rotatable bonds is 5. The molecule has 6 aromatic carbocycles. The van der Waals surface area contributed by atoms with Crippen LogP contribution in [0.1, 0.15) is 0 Å². The highest BCUT2D eigenvalue weighted by atomic mass is 16.3. The molecule has 0 radical (unpaired) electrons. The van der Waals surface area contributed by atoms with E-state index in [1.54, 1.807) is 6.20 Å². The molecular formula is C44H27N5O. The second kappa shape index (κ2) is 11.4. The lowest BCUT2D eigenvalue weighted by molar-refractivity contribution is 0.668. The lowest BCUT2D eigenvalue weighted by atomic mass is 9.99. The topological polar surface area (TPSA) is 69.6 Å². The summed E-state index contributed by atoms with van der Waals surface area (Å²) < 4.78 is 8.51. The first-order valence-electron chi connectivity index (χ1n) is 16.6. The lowest BCUT2D eigenvalue weighted by Gasteiger charge is -2.11. The number of benzene rings is 6. The molecule has 0 aliphatic heterocycles. The Kier molecular flexibility index (Phi) is 6.39. The molecule has 6 heteroatoms. The first-order chi connectivity index (χ1) is 24.8. The predicted molar refractivity (Wildman–Crippen MR) is 201 cm³/mol. The zero-order valence-corrected chi connectivity index (χ0v) is 26.7. The molecule has 6 nitrogen and oxygen atoms in total. The van der Waals surface area contributed by atoms with Crippen molar-refractivity contribution in [3.63, 3.8) is 0 Å². The van der Waals surface area contributed by atoms with Gasteiger partial charge in [-0.3, -0.25) is 4.98 Å². The van der Waals surface area contributed by atoms with Crippen molar-refractivity contribution >= 4 is 43.7 Å². The molecule has 234 valence electrons. The first kappa shape index (κ1) is 28.1. The van der Waals surface area contributed by atoms with Crippen LogP contribution in [0.5, 0.6) is 0 Å². The van der Waals surface area contributed by atoms with Crippen molar-refractivity contribution in [1.29, 1.82) is 0 Å². The second-order valence-corrected chi connectivity index (χ2v) is 12.3. The zero-order chi connectivity index (χ0) is 33.0. The smallest absolute Gasteiger partial charge is 0.164 e. The van der Waals surface area contributed by atoms with Crippen molar-refractivity contribution in [2.45, 2.75) is 0 Å². The average molecular weight is 642 g/mol. The van der Waals surface area contributed by atoms with Crippen LogP contribution < -0.4 is 0 Å². The fraction of sp³-hybridized carbons (Fsp3) is 0. The number of aromatic nitrogens is 5. The van der Waals surface area contributed by atoms with Crippen LogP contribution in [0, 0.1) is 0 Å². The van der Waals surface area contributed by atoms with Gasteiger partial charge in [-0.15, -0.1) is 0 Å². The number of para-hydroxylation sites is 1. The Hall–Kier alpha value is -6.92. The Labute approximate surface area is 287 Å². The number of hydrogen-bond acceptors (Lipinski definition) is 5. The molecule has 50 heavy (non-hydrogen) atoms. The summed E-state index contributed by atoms with van der Waals surface area (Å²) in [6, 6.07) is 52.2. The average Bonchev–Trinajstić information content (AvgIpc) is 3.75. The van der Waals surface area contributed by atoms with E-state index in [-0.39, 0.29) is 0 Å². The summed E-state index contributed by atoms with van der Waals surface area (Å²) in [6.45, 7) is 0. The predicted octanol–water partition coefficient (Wildman–Crippen LogP) is 10.9. The molecule has 0 saturated heterocycles. The van der Waals surface area contributed by atoms with Crippen LogP contribution in [0.15, 0.2) is 168 Å². The highest BCUT2D eigenvalue weighted by Crippen LogP contribution is 2.39. The number of nitrogens with zero attached hydrogens (tertiary/aromatic N) is 5. The van der Waals surface area contributed by atoms with Crippen molar-refractivity contribution in [2.24, 2.45) is 0 Å². The van der Waals surface area contributed by atoms with Gasteiger partial charge in [-0.05, 0) is 59.7 Å². The van der Waals surface area contributed by atoms with E-state index in [1.807, 2.05) is 60.8 Å². The normalized spacial score (nSPS) is 11.6. The monoisotopic (exact) mass is 641 g/mol. The van der Waals surface area contributed by atoms with E-state index in [2.05, 4.69) is 107 Å². The number of furan rings is 1. The minimum atomic E-state index is 0.575. The number of hydrogen-bond donors (Lipinski definition) is 0. The van der Waals surface area contributed by atoms with Gasteiger partial charge in [0.15, 0.2) is 17.5 Å². The standard InChI is InChI=1S/C44H27N5O/c1-3-11-28(12-4-1)32-16-9-19-37-40(32)33-15-7-8-18-36(33)49(37)31-23-21-30(22-24-31)43-46-42(29-13-5-2-6-14-29)47-44(48-43)34-17-10-20-39-41(34)35-27-45-26-25-38(35)50-39/h1-27H. The lowest BCUT2D eigenvalue weighted by Crippen LogP contribution is -2.01. The molecule has 0 amide bonds. The van der Waals surface area contributed by atoms with Crippen molar-refractivity contribution < 1.29 is 4.42 Å². The third-order valence-corrected chi connectivity index (χ3v) is 9.37. The van der Waals surface area contributed by atoms with Gasteiger partial charge in [-0.25, -0.2) is 15.0 Å². The molecule has 10 aromatic rings. The zero-order valence-electron chi connectivity index (χ0n) is 26.7. The van der Waals surface area contributed by atoms with E-state index in [9.17, 15) is 0 Å². The van der Waals surface area contributed by atoms with Gasteiger partial charge < -0.3 is 8.98 Å². The summed E-state index contributed by atoms with van der Waals surface area (Å²) in [4.78, 5) is 19.5. The molecule has 0 atom stereocenters. The van der Waals surface area contributed by atoms with Gasteiger partial charge in [-0.2, -0.15) is 0 Å². The van der Waals surface area contributed by atoms with Crippen molar-refractivity contribution in [3.8, 4) is 51.0 Å². The number of fused-ring (bicyclic) bond motifs is 6. The summed E-state index contributed by atoms with van der Waals surface area (Å²) in [5.74, 6) is 1.77. The maximum Gasteiger partial charge on any atom is 0.164 e. The fourth-order valence-electron chi connectivity index (χ4n) is 7.11. The maximum absolute atomic E-state index is 6.17. The van der Waals surface area contributed by atoms with Gasteiger partial charge in [0, 0.05) is 56.3 Å². The van der Waals surface area contributed by atoms with E-state index in [1.165, 1.54) is 21.9 Å². The Morgan fingerprint density at radius 2 is 1.06 bits per heavy atom. The molecule has 0 N–H and O–H groups in total. The molecular weight excluding hydrogens is 615 g/mol. The van der Waals surface area contributed by atoms with Gasteiger partial charge in [0.05, 0.1) is 11.0 Å². The Morgan fingerprint density at radius 1 is 0.420 bits per heavy atom. The van der Waals surface area contributed by atoms with Gasteiger partial charge in [0.25, 0.3) is 0 Å². The van der Waals surface area contributed by atoms with Gasteiger partial charge in [-0.1, -0.05) is 103 Å². The summed E-state index contributed by atoms with van der Waals surface area (Å²) >= 11 is 0. The third kappa shape index (κ3) is 4.50. The van der Waals surface area contributed by atoms with E-state index < -0.39 is 0 Å². The molecule has 4 heterocycles. The maximum atomic E-state index is 6.17. The summed E-state index contributed by atoms with van der Waals surface area (Å²) in [5, 5.41) is 4.32. The first-order valence-corrected chi connectivity index (χ1v) is 16.6. The summed E-state index contributed by atoms with van der Waals surface area (Å²) in [6.07, 6.45) is 3.57. The molecule has 4 aromatic heterocycles. The van der Waals surface area contributed by atoms with Crippen LogP contribution in [0.25, 0.3) is 94.7 Å². The van der Waals surface area contributed by atoms with Crippen molar-refractivity contribution in [3.05, 3.63) is 164 Å². The molecule has 0 unspecified atom stereocenters. The third-order valence-electron chi connectivity index (χ3n) is 9.37. The molecule has 0 saturated carbocycles. The summed E-state index contributed by atoms with van der Waals surface area (Å²) in [5.41, 5.74) is 10.0. The second-order valence-electron chi connectivity index (χ2n) is 12.3. The largest absolute Gasteiger partial charge is 0.456 e. The molecule has 0 aliphatic carbocycles. The van der Waals surface area contributed by atoms with Gasteiger partial charge >= 0.3 is 0 Å². The molecule has 0 aliphatic rings. The van der Waals surface area contributed by atoms with Crippen LogP contribution >= 0.6 is 0 Å².